The van der Waals surface area contributed by atoms with Gasteiger partial charge in [0.15, 0.2) is 5.78 Å². The van der Waals surface area contributed by atoms with E-state index in [4.69, 9.17) is 5.73 Å². The van der Waals surface area contributed by atoms with Gasteiger partial charge in [0.2, 0.25) is 0 Å². The second-order valence-electron chi connectivity index (χ2n) is 2.94. The first-order valence-corrected chi connectivity index (χ1v) is 4.99. The molecule has 0 aromatic heterocycles. The molecule has 1 aromatic carbocycles. The van der Waals surface area contributed by atoms with E-state index in [2.05, 4.69) is 0 Å². The molecule has 1 aromatic rings. The molecule has 2 N–H and O–H groups in total. The Morgan fingerprint density at radius 2 is 1.93 bits per heavy atom. The van der Waals surface area contributed by atoms with E-state index in [1.165, 1.54) is 6.07 Å². The van der Waals surface area contributed by atoms with Crippen LogP contribution in [0.15, 0.2) is 12.1 Å². The molecule has 0 bridgehead atoms. The second-order valence-corrected chi connectivity index (χ2v) is 4.10. The zero-order chi connectivity index (χ0) is 11.8. The van der Waals surface area contributed by atoms with Crippen LogP contribution in [0.25, 0.3) is 0 Å². The number of hydrogen-bond donors (Lipinski definition) is 1. The van der Waals surface area contributed by atoms with Crippen LogP contribution in [0.3, 0.4) is 0 Å². The van der Waals surface area contributed by atoms with Crippen molar-refractivity contribution in [3.05, 3.63) is 26.8 Å². The molecule has 0 fully saturated rings. The highest BCUT2D eigenvalue weighted by Crippen LogP contribution is 2.38. The summed E-state index contributed by atoms with van der Waals surface area (Å²) in [6, 6.07) is 2.53. The lowest BCUT2D eigenvalue weighted by Gasteiger charge is -2.14. The average molecular weight is 329 g/mol. The van der Waals surface area contributed by atoms with Crippen molar-refractivity contribution in [1.29, 1.82) is 0 Å². The molecular weight excluding hydrogens is 322 g/mol. The van der Waals surface area contributed by atoms with E-state index in [0.29, 0.717) is 0 Å². The summed E-state index contributed by atoms with van der Waals surface area (Å²) in [5.74, 6) is -0.648. The van der Waals surface area contributed by atoms with Gasteiger partial charge in [0.25, 0.3) is 0 Å². The van der Waals surface area contributed by atoms with E-state index in [1.807, 2.05) is 0 Å². The largest absolute Gasteiger partial charge is 0.419 e. The van der Waals surface area contributed by atoms with E-state index in [1.54, 1.807) is 22.6 Å². The number of carbonyl (C=O) groups excluding carboxylic acids is 1. The first-order chi connectivity index (χ1) is 6.75. The molecule has 6 heteroatoms. The van der Waals surface area contributed by atoms with Gasteiger partial charge in [0, 0.05) is 9.13 Å². The minimum Gasteiger partial charge on any atom is -0.397 e. The maximum atomic E-state index is 12.6. The zero-order valence-corrected chi connectivity index (χ0v) is 9.81. The minimum atomic E-state index is -4.60. The SMILES string of the molecule is CC(=O)c1ccc(I)c(N)c1C(F)(F)F. The maximum Gasteiger partial charge on any atom is 0.419 e. The van der Waals surface area contributed by atoms with Gasteiger partial charge < -0.3 is 5.73 Å². The zero-order valence-electron chi connectivity index (χ0n) is 7.65. The molecule has 0 atom stereocenters. The maximum absolute atomic E-state index is 12.6. The number of ketones is 1. The highest BCUT2D eigenvalue weighted by Gasteiger charge is 2.37. The van der Waals surface area contributed by atoms with Gasteiger partial charge in [0.1, 0.15) is 0 Å². The monoisotopic (exact) mass is 329 g/mol. The summed E-state index contributed by atoms with van der Waals surface area (Å²) in [4.78, 5) is 11.0. The van der Waals surface area contributed by atoms with E-state index in [0.717, 1.165) is 13.0 Å². The van der Waals surface area contributed by atoms with E-state index in [9.17, 15) is 18.0 Å². The summed E-state index contributed by atoms with van der Waals surface area (Å²) in [6.45, 7) is 1.08. The molecule has 0 heterocycles. The Kier molecular flexibility index (Phi) is 3.27. The summed E-state index contributed by atoms with van der Waals surface area (Å²) < 4.78 is 38.1. The molecule has 0 aliphatic heterocycles. The predicted octanol–water partition coefficient (Wildman–Crippen LogP) is 3.09. The number of Topliss-reactive ketones (excluding diaryl/α,β-unsaturated/α-hetero) is 1. The van der Waals surface area contributed by atoms with Crippen LogP contribution in [0.4, 0.5) is 18.9 Å². The van der Waals surface area contributed by atoms with Gasteiger partial charge in [-0.15, -0.1) is 0 Å². The second kappa shape index (κ2) is 3.99. The number of alkyl halides is 3. The van der Waals surface area contributed by atoms with Crippen LogP contribution in [0, 0.1) is 3.57 Å². The van der Waals surface area contributed by atoms with Gasteiger partial charge in [-0.1, -0.05) is 0 Å². The Morgan fingerprint density at radius 1 is 1.40 bits per heavy atom. The molecule has 0 aliphatic carbocycles. The molecule has 0 saturated heterocycles. The van der Waals surface area contributed by atoms with Crippen LogP contribution >= 0.6 is 22.6 Å². The molecule has 0 radical (unpaired) electrons. The summed E-state index contributed by atoms with van der Waals surface area (Å²) >= 11 is 1.69. The Hall–Kier alpha value is -0.790. The van der Waals surface area contributed by atoms with Crippen LogP contribution in [0.5, 0.6) is 0 Å². The lowest BCUT2D eigenvalue weighted by atomic mass is 10.0. The predicted molar refractivity (Wildman–Crippen MR) is 58.6 cm³/mol. The number of nitrogens with two attached hydrogens (primary N) is 1. The van der Waals surface area contributed by atoms with Crippen molar-refractivity contribution >= 4 is 34.1 Å². The molecule has 15 heavy (non-hydrogen) atoms. The standard InChI is InChI=1S/C9H7F3INO/c1-4(15)5-2-3-6(13)8(14)7(5)9(10,11)12/h2-3H,14H2,1H3. The minimum absolute atomic E-state index is 0.282. The van der Waals surface area contributed by atoms with Gasteiger partial charge in [-0.05, 0) is 41.6 Å². The summed E-state index contributed by atoms with van der Waals surface area (Å²) in [5, 5.41) is 0. The fourth-order valence-corrected chi connectivity index (χ4v) is 1.64. The van der Waals surface area contributed by atoms with Gasteiger partial charge in [-0.3, -0.25) is 4.79 Å². The quantitative estimate of drug-likeness (QED) is 0.489. The molecular formula is C9H7F3INO. The normalized spacial score (nSPS) is 11.5. The number of benzene rings is 1. The van der Waals surface area contributed by atoms with Crippen molar-refractivity contribution in [2.75, 3.05) is 5.73 Å². The van der Waals surface area contributed by atoms with Crippen LogP contribution in [-0.4, -0.2) is 5.78 Å². The van der Waals surface area contributed by atoms with Gasteiger partial charge in [-0.2, -0.15) is 13.2 Å². The number of nitrogen functional groups attached to an aromatic ring is 1. The highest BCUT2D eigenvalue weighted by atomic mass is 127. The first-order valence-electron chi connectivity index (χ1n) is 3.91. The van der Waals surface area contributed by atoms with E-state index >= 15 is 0 Å². The van der Waals surface area contributed by atoms with Crippen molar-refractivity contribution < 1.29 is 18.0 Å². The van der Waals surface area contributed by atoms with Crippen LogP contribution in [0.2, 0.25) is 0 Å². The molecule has 0 spiro atoms. The average Bonchev–Trinajstić information content (AvgIpc) is 2.06. The first kappa shape index (κ1) is 12.3. The van der Waals surface area contributed by atoms with Gasteiger partial charge >= 0.3 is 6.18 Å². The van der Waals surface area contributed by atoms with Crippen molar-refractivity contribution in [2.45, 2.75) is 13.1 Å². The fraction of sp³-hybridized carbons (Fsp3) is 0.222. The van der Waals surface area contributed by atoms with Crippen LogP contribution in [0.1, 0.15) is 22.8 Å². The molecule has 1 rings (SSSR count). The molecule has 0 aliphatic rings. The number of hydrogen-bond acceptors (Lipinski definition) is 2. The van der Waals surface area contributed by atoms with Crippen molar-refractivity contribution in [2.24, 2.45) is 0 Å². The Bertz CT molecular complexity index is 415. The van der Waals surface area contributed by atoms with Gasteiger partial charge in [-0.25, -0.2) is 0 Å². The third kappa shape index (κ3) is 2.42. The van der Waals surface area contributed by atoms with Crippen molar-refractivity contribution in [1.82, 2.24) is 0 Å². The number of carbonyl (C=O) groups is 1. The van der Waals surface area contributed by atoms with E-state index in [-0.39, 0.29) is 9.13 Å². The Labute approximate surface area is 97.8 Å². The summed E-state index contributed by atoms with van der Waals surface area (Å²) in [7, 11) is 0. The summed E-state index contributed by atoms with van der Waals surface area (Å²) in [5.41, 5.74) is 3.51. The highest BCUT2D eigenvalue weighted by molar-refractivity contribution is 14.1. The smallest absolute Gasteiger partial charge is 0.397 e. The molecule has 82 valence electrons. The fourth-order valence-electron chi connectivity index (χ4n) is 1.19. The number of halogens is 4. The van der Waals surface area contributed by atoms with Crippen molar-refractivity contribution in [3.63, 3.8) is 0 Å². The topological polar surface area (TPSA) is 43.1 Å². The molecule has 0 amide bonds. The lowest BCUT2D eigenvalue weighted by Crippen LogP contribution is -2.15. The number of anilines is 1. The van der Waals surface area contributed by atoms with Gasteiger partial charge in [0.05, 0.1) is 11.3 Å². The molecule has 0 saturated carbocycles. The Morgan fingerprint density at radius 3 is 2.33 bits per heavy atom. The van der Waals surface area contributed by atoms with Crippen LogP contribution < -0.4 is 5.73 Å². The number of rotatable bonds is 1. The van der Waals surface area contributed by atoms with Crippen LogP contribution in [-0.2, 0) is 6.18 Å². The lowest BCUT2D eigenvalue weighted by molar-refractivity contribution is -0.137. The molecule has 0 unspecified atom stereocenters. The third-order valence-electron chi connectivity index (χ3n) is 1.86. The third-order valence-corrected chi connectivity index (χ3v) is 2.80. The van der Waals surface area contributed by atoms with Crippen molar-refractivity contribution in [3.8, 4) is 0 Å². The molecule has 2 nitrogen and oxygen atoms in total. The Balaban J connectivity index is 3.57. The summed E-state index contributed by atoms with van der Waals surface area (Å²) in [6.07, 6.45) is -4.60. The van der Waals surface area contributed by atoms with E-state index < -0.39 is 23.2 Å².